The van der Waals surface area contributed by atoms with E-state index in [9.17, 15) is 14.4 Å². The Labute approximate surface area is 202 Å². The number of carbonyl (C=O) groups is 3. The van der Waals surface area contributed by atoms with Crippen molar-refractivity contribution in [1.29, 1.82) is 0 Å². The van der Waals surface area contributed by atoms with Gasteiger partial charge < -0.3 is 14.2 Å². The monoisotopic (exact) mass is 472 g/mol. The summed E-state index contributed by atoms with van der Waals surface area (Å²) in [5, 5.41) is 0. The van der Waals surface area contributed by atoms with E-state index in [-0.39, 0.29) is 40.7 Å². The van der Waals surface area contributed by atoms with Crippen molar-refractivity contribution in [2.45, 2.75) is 90.9 Å². The molecule has 8 rings (SSSR count). The van der Waals surface area contributed by atoms with E-state index in [1.54, 1.807) is 7.11 Å². The fourth-order valence-corrected chi connectivity index (χ4v) is 10.9. The van der Waals surface area contributed by atoms with E-state index in [2.05, 4.69) is 0 Å². The normalized spacial score (nSPS) is 47.6. The highest BCUT2D eigenvalue weighted by atomic mass is 16.7. The lowest BCUT2D eigenvalue weighted by Crippen LogP contribution is -2.66. The van der Waals surface area contributed by atoms with Gasteiger partial charge in [0.15, 0.2) is 0 Å². The Kier molecular flexibility index (Phi) is 5.01. The van der Waals surface area contributed by atoms with Crippen molar-refractivity contribution in [1.82, 2.24) is 0 Å². The quantitative estimate of drug-likeness (QED) is 0.379. The number of rotatable bonds is 5. The molecule has 8 saturated carbocycles. The van der Waals surface area contributed by atoms with Crippen molar-refractivity contribution < 1.29 is 28.6 Å². The van der Waals surface area contributed by atoms with Crippen LogP contribution < -0.4 is 0 Å². The average molecular weight is 473 g/mol. The zero-order chi connectivity index (χ0) is 23.9. The van der Waals surface area contributed by atoms with Gasteiger partial charge >= 0.3 is 18.1 Å². The third-order valence-electron chi connectivity index (χ3n) is 11.0. The lowest BCUT2D eigenvalue weighted by Gasteiger charge is -2.72. The Morgan fingerprint density at radius 3 is 1.59 bits per heavy atom. The van der Waals surface area contributed by atoms with E-state index < -0.39 is 11.6 Å². The van der Waals surface area contributed by atoms with Crippen molar-refractivity contribution in [3.05, 3.63) is 0 Å². The summed E-state index contributed by atoms with van der Waals surface area (Å²) in [7, 11) is 1.54. The molecule has 0 spiro atoms. The van der Waals surface area contributed by atoms with Crippen LogP contribution in [0.15, 0.2) is 0 Å². The Balaban J connectivity index is 1.30. The minimum atomic E-state index is -0.844. The summed E-state index contributed by atoms with van der Waals surface area (Å²) in [6, 6.07) is 0. The highest BCUT2D eigenvalue weighted by Crippen LogP contribution is 2.78. The number of methoxy groups -OCH3 is 1. The van der Waals surface area contributed by atoms with Crippen LogP contribution in [0.3, 0.4) is 0 Å². The second kappa shape index (κ2) is 7.46. The van der Waals surface area contributed by atoms with Gasteiger partial charge in [-0.1, -0.05) is 13.8 Å². The molecule has 6 heteroatoms. The first kappa shape index (κ1) is 22.8. The maximum Gasteiger partial charge on any atom is 0.516 e. The Morgan fingerprint density at radius 1 is 0.735 bits per heavy atom. The first-order chi connectivity index (χ1) is 16.1. The maximum absolute atomic E-state index is 13.5. The summed E-state index contributed by atoms with van der Waals surface area (Å²) in [5.41, 5.74) is -0.694. The summed E-state index contributed by atoms with van der Waals surface area (Å²) >= 11 is 0. The van der Waals surface area contributed by atoms with Crippen molar-refractivity contribution >= 4 is 18.1 Å². The van der Waals surface area contributed by atoms with Crippen LogP contribution in [0.1, 0.15) is 90.9 Å². The van der Waals surface area contributed by atoms with Crippen LogP contribution in [0.4, 0.5) is 4.79 Å². The fraction of sp³-hybridized carbons (Fsp3) is 0.893. The van der Waals surface area contributed by atoms with Gasteiger partial charge in [-0.15, -0.1) is 0 Å². The van der Waals surface area contributed by atoms with Crippen LogP contribution in [0.5, 0.6) is 0 Å². The largest absolute Gasteiger partial charge is 0.516 e. The van der Waals surface area contributed by atoms with Gasteiger partial charge in [0.1, 0.15) is 0 Å². The van der Waals surface area contributed by atoms with E-state index in [0.717, 1.165) is 38.5 Å². The second-order valence-corrected chi connectivity index (χ2v) is 13.9. The van der Waals surface area contributed by atoms with Crippen LogP contribution in [0, 0.1) is 51.2 Å². The van der Waals surface area contributed by atoms with Crippen LogP contribution >= 0.6 is 0 Å². The van der Waals surface area contributed by atoms with Gasteiger partial charge in [0.05, 0.1) is 24.5 Å². The minimum absolute atomic E-state index is 0.00211. The third-order valence-corrected chi connectivity index (χ3v) is 11.0. The SMILES string of the molecule is COC(=O)C12CC3CC(C1)CC(C14CC5CC(CC(C(=O)OC(=O)OCC(C)C)(C5)C1)C4)(C3)C2. The molecule has 0 saturated heterocycles. The third kappa shape index (κ3) is 3.22. The molecule has 34 heavy (non-hydrogen) atoms. The second-order valence-electron chi connectivity index (χ2n) is 13.9. The van der Waals surface area contributed by atoms with E-state index in [1.165, 1.54) is 38.5 Å². The highest BCUT2D eigenvalue weighted by molar-refractivity contribution is 5.86. The maximum atomic E-state index is 13.5. The summed E-state index contributed by atoms with van der Waals surface area (Å²) in [6.07, 6.45) is 11.7. The molecule has 8 aliphatic rings. The average Bonchev–Trinajstić information content (AvgIpc) is 2.75. The molecule has 0 radical (unpaired) electrons. The predicted molar refractivity (Wildman–Crippen MR) is 123 cm³/mol. The number of hydrogen-bond donors (Lipinski definition) is 0. The van der Waals surface area contributed by atoms with Crippen LogP contribution in [-0.4, -0.2) is 31.8 Å². The lowest BCUT2D eigenvalue weighted by molar-refractivity contribution is -0.243. The van der Waals surface area contributed by atoms with E-state index in [4.69, 9.17) is 14.2 Å². The van der Waals surface area contributed by atoms with Crippen LogP contribution in [0.2, 0.25) is 0 Å². The standard InChI is InChI=1S/C28H40O6/c1-17(2)14-33-24(31)34-23(30)26-8-20-5-21(9-26)13-28(12-20,16-26)27-10-18-4-19(11-27)7-25(6-18,15-27)22(29)32-3/h17-21H,4-16H2,1-3H3. The van der Waals surface area contributed by atoms with E-state index in [0.29, 0.717) is 23.7 Å². The Bertz CT molecular complexity index is 877. The first-order valence-corrected chi connectivity index (χ1v) is 13.6. The molecule has 0 N–H and O–H groups in total. The molecule has 8 bridgehead atoms. The molecule has 4 atom stereocenters. The summed E-state index contributed by atoms with van der Waals surface area (Å²) < 4.78 is 15.9. The van der Waals surface area contributed by atoms with Gasteiger partial charge in [-0.05, 0) is 117 Å². The summed E-state index contributed by atoms with van der Waals surface area (Å²) in [6.45, 7) is 4.19. The molecular weight excluding hydrogens is 432 g/mol. The van der Waals surface area contributed by atoms with E-state index in [1.807, 2.05) is 13.8 Å². The topological polar surface area (TPSA) is 78.9 Å². The molecule has 6 nitrogen and oxygen atoms in total. The number of ether oxygens (including phenoxy) is 3. The molecule has 0 aromatic heterocycles. The van der Waals surface area contributed by atoms with Crippen molar-refractivity contribution in [2.24, 2.45) is 51.2 Å². The van der Waals surface area contributed by atoms with Crippen molar-refractivity contribution in [3.8, 4) is 0 Å². The number of hydrogen-bond acceptors (Lipinski definition) is 6. The number of carbonyl (C=O) groups excluding carboxylic acids is 3. The molecule has 0 heterocycles. The zero-order valence-electron chi connectivity index (χ0n) is 21.0. The number of esters is 2. The molecule has 8 fully saturated rings. The van der Waals surface area contributed by atoms with Gasteiger partial charge in [-0.3, -0.25) is 9.59 Å². The smallest absolute Gasteiger partial charge is 0.469 e. The van der Waals surface area contributed by atoms with Gasteiger partial charge in [-0.25, -0.2) is 4.79 Å². The molecule has 0 amide bonds. The molecule has 8 aliphatic carbocycles. The molecule has 0 aromatic carbocycles. The highest BCUT2D eigenvalue weighted by Gasteiger charge is 2.72. The predicted octanol–water partition coefficient (Wildman–Crippen LogP) is 5.67. The van der Waals surface area contributed by atoms with Crippen molar-refractivity contribution in [2.75, 3.05) is 13.7 Å². The summed E-state index contributed by atoms with van der Waals surface area (Å²) in [5.74, 6) is 2.07. The molecule has 0 aromatic rings. The van der Waals surface area contributed by atoms with Gasteiger partial charge in [0, 0.05) is 0 Å². The molecule has 4 unspecified atom stereocenters. The van der Waals surface area contributed by atoms with Crippen LogP contribution in [0.25, 0.3) is 0 Å². The lowest BCUT2D eigenvalue weighted by atomic mass is 9.31. The Hall–Kier alpha value is -1.59. The van der Waals surface area contributed by atoms with Crippen molar-refractivity contribution in [3.63, 3.8) is 0 Å². The molecule has 188 valence electrons. The fourth-order valence-electron chi connectivity index (χ4n) is 10.9. The van der Waals surface area contributed by atoms with Gasteiger partial charge in [-0.2, -0.15) is 0 Å². The van der Waals surface area contributed by atoms with Gasteiger partial charge in [0.25, 0.3) is 0 Å². The minimum Gasteiger partial charge on any atom is -0.469 e. The van der Waals surface area contributed by atoms with E-state index >= 15 is 0 Å². The zero-order valence-corrected chi connectivity index (χ0v) is 21.0. The van der Waals surface area contributed by atoms with Crippen LogP contribution in [-0.2, 0) is 23.8 Å². The first-order valence-electron chi connectivity index (χ1n) is 13.6. The molecule has 0 aliphatic heterocycles. The van der Waals surface area contributed by atoms with Gasteiger partial charge in [0.2, 0.25) is 0 Å². The Morgan fingerprint density at radius 2 is 1.18 bits per heavy atom. The summed E-state index contributed by atoms with van der Waals surface area (Å²) in [4.78, 5) is 38.9. The molecular formula is C28H40O6.